The van der Waals surface area contributed by atoms with Crippen molar-refractivity contribution in [3.05, 3.63) is 86.8 Å². The maximum Gasteiger partial charge on any atom is 0.337 e. The first kappa shape index (κ1) is 19.0. The summed E-state index contributed by atoms with van der Waals surface area (Å²) in [5, 5.41) is 1.98. The third-order valence-electron chi connectivity index (χ3n) is 4.59. The fourth-order valence-electron chi connectivity index (χ4n) is 2.93. The van der Waals surface area contributed by atoms with Crippen LogP contribution in [0.3, 0.4) is 0 Å². The average molecular weight is 406 g/mol. The fraction of sp³-hybridized carbons (Fsp3) is 0.130. The minimum atomic E-state index is -0.375. The number of allylic oxidation sites excluding steroid dienone is 1. The molecule has 1 aliphatic rings. The van der Waals surface area contributed by atoms with E-state index >= 15 is 0 Å². The quantitative estimate of drug-likeness (QED) is 0.439. The predicted molar refractivity (Wildman–Crippen MR) is 111 cm³/mol. The highest BCUT2D eigenvalue weighted by atomic mass is 32.1. The minimum Gasteiger partial charge on any atom is -0.489 e. The summed E-state index contributed by atoms with van der Waals surface area (Å²) in [6, 6.07) is 14.2. The van der Waals surface area contributed by atoms with Gasteiger partial charge in [0, 0.05) is 17.0 Å². The Kier molecular flexibility index (Phi) is 5.18. The summed E-state index contributed by atoms with van der Waals surface area (Å²) in [6.07, 6.45) is 1.78. The molecule has 0 saturated carbocycles. The molecular weight excluding hydrogens is 388 g/mol. The smallest absolute Gasteiger partial charge is 0.337 e. The monoisotopic (exact) mass is 406 g/mol. The van der Waals surface area contributed by atoms with Gasteiger partial charge in [0.15, 0.2) is 5.76 Å². The summed E-state index contributed by atoms with van der Waals surface area (Å²) in [6.45, 7) is 2.32. The molecule has 0 spiro atoms. The molecule has 4 rings (SSSR count). The number of ketones is 1. The minimum absolute atomic E-state index is 0.127. The van der Waals surface area contributed by atoms with E-state index in [2.05, 4.69) is 4.74 Å². The van der Waals surface area contributed by atoms with Crippen molar-refractivity contribution in [2.24, 2.45) is 0 Å². The number of carbonyl (C=O) groups excluding carboxylic acids is 2. The van der Waals surface area contributed by atoms with Gasteiger partial charge in [-0.05, 0) is 53.8 Å². The second-order valence-corrected chi connectivity index (χ2v) is 7.49. The first-order chi connectivity index (χ1) is 14.0. The number of esters is 1. The number of benzene rings is 2. The van der Waals surface area contributed by atoms with Crippen molar-refractivity contribution in [1.82, 2.24) is 0 Å². The van der Waals surface area contributed by atoms with Gasteiger partial charge in [-0.3, -0.25) is 4.79 Å². The molecule has 6 heteroatoms. The van der Waals surface area contributed by atoms with Crippen LogP contribution in [0.15, 0.2) is 59.7 Å². The third-order valence-corrected chi connectivity index (χ3v) is 5.55. The van der Waals surface area contributed by atoms with Gasteiger partial charge < -0.3 is 14.2 Å². The lowest BCUT2D eigenvalue weighted by Crippen LogP contribution is -2.02. The zero-order valence-electron chi connectivity index (χ0n) is 15.9. The van der Waals surface area contributed by atoms with Crippen LogP contribution in [0.1, 0.15) is 36.7 Å². The fourth-order valence-corrected chi connectivity index (χ4v) is 3.78. The molecule has 0 fully saturated rings. The van der Waals surface area contributed by atoms with Crippen LogP contribution in [0.2, 0.25) is 0 Å². The largest absolute Gasteiger partial charge is 0.489 e. The molecule has 1 aromatic heterocycles. The van der Waals surface area contributed by atoms with Gasteiger partial charge >= 0.3 is 5.97 Å². The van der Waals surface area contributed by atoms with Crippen LogP contribution in [-0.2, 0) is 11.3 Å². The molecule has 5 nitrogen and oxygen atoms in total. The van der Waals surface area contributed by atoms with Gasteiger partial charge in [-0.1, -0.05) is 12.1 Å². The van der Waals surface area contributed by atoms with Gasteiger partial charge in [0.1, 0.15) is 18.1 Å². The van der Waals surface area contributed by atoms with Gasteiger partial charge in [0.05, 0.1) is 18.2 Å². The molecule has 3 aromatic rings. The van der Waals surface area contributed by atoms with Crippen LogP contribution in [-0.4, -0.2) is 18.9 Å². The Bertz CT molecular complexity index is 1110. The summed E-state index contributed by atoms with van der Waals surface area (Å²) in [7, 11) is 1.35. The average Bonchev–Trinajstić information content (AvgIpc) is 3.29. The van der Waals surface area contributed by atoms with Crippen molar-refractivity contribution in [1.29, 1.82) is 0 Å². The molecule has 1 aliphatic heterocycles. The van der Waals surface area contributed by atoms with E-state index in [1.54, 1.807) is 47.7 Å². The molecule has 0 saturated heterocycles. The normalized spacial score (nSPS) is 13.9. The molecule has 0 atom stereocenters. The number of thiophene rings is 1. The lowest BCUT2D eigenvalue weighted by atomic mass is 10.1. The number of carbonyl (C=O) groups is 2. The van der Waals surface area contributed by atoms with Gasteiger partial charge in [-0.2, -0.15) is 0 Å². The van der Waals surface area contributed by atoms with Crippen molar-refractivity contribution < 1.29 is 23.8 Å². The van der Waals surface area contributed by atoms with E-state index in [1.165, 1.54) is 7.11 Å². The number of hydrogen-bond acceptors (Lipinski definition) is 6. The Labute approximate surface area is 172 Å². The number of hydrogen-bond donors (Lipinski definition) is 0. The predicted octanol–water partition coefficient (Wildman–Crippen LogP) is 5.04. The number of aryl methyl sites for hydroxylation is 1. The van der Waals surface area contributed by atoms with E-state index in [-0.39, 0.29) is 11.8 Å². The van der Waals surface area contributed by atoms with E-state index in [9.17, 15) is 9.59 Å². The zero-order valence-corrected chi connectivity index (χ0v) is 16.7. The molecule has 0 radical (unpaired) electrons. The SMILES string of the molecule is COC(=O)c1ccc(COc2ccc3c(c2)O/C(=C\c2sccc2C)C3=O)cc1. The summed E-state index contributed by atoms with van der Waals surface area (Å²) in [4.78, 5) is 25.1. The highest BCUT2D eigenvalue weighted by Gasteiger charge is 2.28. The lowest BCUT2D eigenvalue weighted by molar-refractivity contribution is 0.0600. The van der Waals surface area contributed by atoms with E-state index in [4.69, 9.17) is 9.47 Å². The standard InChI is InChI=1S/C23H18O5S/c1-14-9-10-29-21(14)12-20-22(24)18-8-7-17(11-19(18)28-20)27-13-15-3-5-16(6-4-15)23(25)26-2/h3-12H,13H2,1-2H3/b20-12-. The summed E-state index contributed by atoms with van der Waals surface area (Å²) < 4.78 is 16.3. The van der Waals surface area contributed by atoms with E-state index in [0.29, 0.717) is 35.0 Å². The first-order valence-electron chi connectivity index (χ1n) is 8.97. The van der Waals surface area contributed by atoms with Gasteiger partial charge in [-0.25, -0.2) is 4.79 Å². The molecule has 0 unspecified atom stereocenters. The number of Topliss-reactive ketones (excluding diaryl/α,β-unsaturated/α-hetero) is 1. The highest BCUT2D eigenvalue weighted by molar-refractivity contribution is 7.11. The maximum absolute atomic E-state index is 12.6. The molecule has 0 aliphatic carbocycles. The molecular formula is C23H18O5S. The van der Waals surface area contributed by atoms with Crippen LogP contribution in [0.5, 0.6) is 11.5 Å². The Morgan fingerprint density at radius 1 is 1.14 bits per heavy atom. The molecule has 0 amide bonds. The van der Waals surface area contributed by atoms with Gasteiger partial charge in [0.25, 0.3) is 0 Å². The van der Waals surface area contributed by atoms with Crippen LogP contribution in [0.4, 0.5) is 0 Å². The van der Waals surface area contributed by atoms with Crippen molar-refractivity contribution in [3.8, 4) is 11.5 Å². The topological polar surface area (TPSA) is 61.8 Å². The lowest BCUT2D eigenvalue weighted by Gasteiger charge is -2.08. The Morgan fingerprint density at radius 2 is 1.93 bits per heavy atom. The highest BCUT2D eigenvalue weighted by Crippen LogP contribution is 2.35. The van der Waals surface area contributed by atoms with Crippen molar-refractivity contribution >= 4 is 29.2 Å². The Hall–Kier alpha value is -3.38. The molecule has 29 heavy (non-hydrogen) atoms. The second kappa shape index (κ2) is 7.93. The Balaban J connectivity index is 1.46. The molecule has 146 valence electrons. The molecule has 2 aromatic carbocycles. The summed E-state index contributed by atoms with van der Waals surface area (Å²) >= 11 is 1.57. The van der Waals surface area contributed by atoms with Crippen LogP contribution in [0, 0.1) is 6.92 Å². The summed E-state index contributed by atoms with van der Waals surface area (Å²) in [5.41, 5.74) is 3.03. The van der Waals surface area contributed by atoms with Crippen LogP contribution >= 0.6 is 11.3 Å². The molecule has 0 N–H and O–H groups in total. The Morgan fingerprint density at radius 3 is 2.62 bits per heavy atom. The number of fused-ring (bicyclic) bond motifs is 1. The van der Waals surface area contributed by atoms with Crippen LogP contribution in [0.25, 0.3) is 6.08 Å². The summed E-state index contributed by atoms with van der Waals surface area (Å²) in [5.74, 6) is 0.912. The van der Waals surface area contributed by atoms with Gasteiger partial charge in [-0.15, -0.1) is 11.3 Å². The van der Waals surface area contributed by atoms with Crippen molar-refractivity contribution in [2.45, 2.75) is 13.5 Å². The molecule has 0 bridgehead atoms. The van der Waals surface area contributed by atoms with Gasteiger partial charge in [0.2, 0.25) is 5.78 Å². The number of methoxy groups -OCH3 is 1. The number of rotatable bonds is 5. The van der Waals surface area contributed by atoms with E-state index in [1.807, 2.05) is 30.5 Å². The van der Waals surface area contributed by atoms with Crippen molar-refractivity contribution in [3.63, 3.8) is 0 Å². The van der Waals surface area contributed by atoms with E-state index < -0.39 is 0 Å². The third kappa shape index (κ3) is 3.93. The molecule has 2 heterocycles. The zero-order chi connectivity index (χ0) is 20.4. The van der Waals surface area contributed by atoms with Crippen molar-refractivity contribution in [2.75, 3.05) is 7.11 Å². The van der Waals surface area contributed by atoms with E-state index in [0.717, 1.165) is 16.0 Å². The first-order valence-corrected chi connectivity index (χ1v) is 9.85. The second-order valence-electron chi connectivity index (χ2n) is 6.54. The van der Waals surface area contributed by atoms with Crippen LogP contribution < -0.4 is 9.47 Å². The maximum atomic E-state index is 12.6. The number of ether oxygens (including phenoxy) is 3.